The van der Waals surface area contributed by atoms with E-state index in [9.17, 15) is 5.11 Å². The first-order valence-corrected chi connectivity index (χ1v) is 7.68. The van der Waals surface area contributed by atoms with E-state index < -0.39 is 0 Å². The first kappa shape index (κ1) is 14.4. The van der Waals surface area contributed by atoms with E-state index in [-0.39, 0.29) is 5.75 Å². The van der Waals surface area contributed by atoms with Crippen molar-refractivity contribution in [1.82, 2.24) is 9.97 Å². The molecular weight excluding hydrogens is 272 g/mol. The zero-order valence-electron chi connectivity index (χ0n) is 12.9. The first-order chi connectivity index (χ1) is 10.7. The largest absolute Gasteiger partial charge is 0.508 e. The van der Waals surface area contributed by atoms with Crippen LogP contribution in [0.3, 0.4) is 0 Å². The Balaban J connectivity index is 2.14. The van der Waals surface area contributed by atoms with Crippen LogP contribution < -0.4 is 0 Å². The van der Waals surface area contributed by atoms with Crippen molar-refractivity contribution in [2.45, 2.75) is 26.7 Å². The van der Waals surface area contributed by atoms with Crippen LogP contribution in [0.4, 0.5) is 0 Å². The molecule has 1 aromatic carbocycles. The SMILES string of the molecule is CC/C=C(\CC)c1c[nH]c2ncc(-c3cccc(O)c3)cc12. The number of benzene rings is 1. The average molecular weight is 292 g/mol. The van der Waals surface area contributed by atoms with Gasteiger partial charge in [0, 0.05) is 28.9 Å². The van der Waals surface area contributed by atoms with Gasteiger partial charge in [-0.2, -0.15) is 0 Å². The fourth-order valence-corrected chi connectivity index (χ4v) is 2.80. The zero-order chi connectivity index (χ0) is 15.5. The molecule has 0 radical (unpaired) electrons. The van der Waals surface area contributed by atoms with Gasteiger partial charge in [-0.15, -0.1) is 0 Å². The summed E-state index contributed by atoms with van der Waals surface area (Å²) in [5.41, 5.74) is 5.43. The number of nitrogens with one attached hydrogen (secondary N) is 1. The third-order valence-electron chi connectivity index (χ3n) is 3.89. The van der Waals surface area contributed by atoms with Crippen molar-refractivity contribution in [2.75, 3.05) is 0 Å². The maximum Gasteiger partial charge on any atom is 0.137 e. The molecule has 0 fully saturated rings. The van der Waals surface area contributed by atoms with E-state index in [2.05, 4.69) is 36.0 Å². The lowest BCUT2D eigenvalue weighted by atomic mass is 10.00. The molecule has 0 saturated carbocycles. The number of phenolic OH excluding ortho intramolecular Hbond substituents is 1. The molecule has 0 aliphatic rings. The molecule has 0 aliphatic carbocycles. The monoisotopic (exact) mass is 292 g/mol. The molecule has 3 aromatic rings. The number of aromatic nitrogens is 2. The number of pyridine rings is 1. The minimum atomic E-state index is 0.270. The normalized spacial score (nSPS) is 12.0. The number of rotatable bonds is 4. The molecule has 0 spiro atoms. The Kier molecular flexibility index (Phi) is 3.96. The zero-order valence-corrected chi connectivity index (χ0v) is 12.9. The summed E-state index contributed by atoms with van der Waals surface area (Å²) in [6.07, 6.45) is 8.16. The van der Waals surface area contributed by atoms with Gasteiger partial charge in [0.1, 0.15) is 11.4 Å². The van der Waals surface area contributed by atoms with Gasteiger partial charge >= 0.3 is 0 Å². The fraction of sp³-hybridized carbons (Fsp3) is 0.211. The molecule has 112 valence electrons. The third-order valence-corrected chi connectivity index (χ3v) is 3.89. The Morgan fingerprint density at radius 1 is 1.23 bits per heavy atom. The smallest absolute Gasteiger partial charge is 0.137 e. The van der Waals surface area contributed by atoms with Crippen LogP contribution in [0.1, 0.15) is 32.3 Å². The summed E-state index contributed by atoms with van der Waals surface area (Å²) in [5.74, 6) is 0.270. The highest BCUT2D eigenvalue weighted by atomic mass is 16.3. The summed E-state index contributed by atoms with van der Waals surface area (Å²) < 4.78 is 0. The van der Waals surface area contributed by atoms with E-state index in [1.165, 1.54) is 11.1 Å². The Morgan fingerprint density at radius 2 is 2.09 bits per heavy atom. The van der Waals surface area contributed by atoms with Crippen LogP contribution in [-0.2, 0) is 0 Å². The van der Waals surface area contributed by atoms with Crippen LogP contribution in [0, 0.1) is 0 Å². The lowest BCUT2D eigenvalue weighted by molar-refractivity contribution is 0.475. The molecular formula is C19H20N2O. The van der Waals surface area contributed by atoms with E-state index in [0.29, 0.717) is 0 Å². The van der Waals surface area contributed by atoms with Crippen LogP contribution in [0.5, 0.6) is 5.75 Å². The molecule has 2 heterocycles. The number of allylic oxidation sites excluding steroid dienone is 2. The molecule has 3 nitrogen and oxygen atoms in total. The van der Waals surface area contributed by atoms with E-state index in [1.54, 1.807) is 12.1 Å². The Labute approximate surface area is 130 Å². The number of phenols is 1. The second kappa shape index (κ2) is 6.06. The van der Waals surface area contributed by atoms with E-state index in [0.717, 1.165) is 35.0 Å². The molecule has 0 unspecified atom stereocenters. The van der Waals surface area contributed by atoms with Crippen molar-refractivity contribution >= 4 is 16.6 Å². The van der Waals surface area contributed by atoms with Crippen LogP contribution >= 0.6 is 0 Å². The molecule has 0 bridgehead atoms. The van der Waals surface area contributed by atoms with Gasteiger partial charge in [-0.05, 0) is 42.2 Å². The van der Waals surface area contributed by atoms with Crippen molar-refractivity contribution in [2.24, 2.45) is 0 Å². The fourth-order valence-electron chi connectivity index (χ4n) is 2.80. The van der Waals surface area contributed by atoms with Crippen LogP contribution in [0.2, 0.25) is 0 Å². The summed E-state index contributed by atoms with van der Waals surface area (Å²) >= 11 is 0. The standard InChI is InChI=1S/C19H20N2O/c1-3-6-13(4-2)18-12-21-19-17(18)10-15(11-20-19)14-7-5-8-16(22)9-14/h5-12,22H,3-4H2,1-2H3,(H,20,21)/b13-6+. The predicted octanol–water partition coefficient (Wildman–Crippen LogP) is 5.14. The molecule has 0 atom stereocenters. The highest BCUT2D eigenvalue weighted by Gasteiger charge is 2.10. The van der Waals surface area contributed by atoms with Gasteiger partial charge in [0.15, 0.2) is 0 Å². The summed E-state index contributed by atoms with van der Waals surface area (Å²) in [7, 11) is 0. The molecule has 0 saturated heterocycles. The molecule has 0 aliphatic heterocycles. The summed E-state index contributed by atoms with van der Waals surface area (Å²) in [5, 5.41) is 10.8. The van der Waals surface area contributed by atoms with E-state index >= 15 is 0 Å². The molecule has 2 N–H and O–H groups in total. The molecule has 2 aromatic heterocycles. The van der Waals surface area contributed by atoms with Crippen molar-refractivity contribution in [1.29, 1.82) is 0 Å². The minimum absolute atomic E-state index is 0.270. The highest BCUT2D eigenvalue weighted by Crippen LogP contribution is 2.30. The van der Waals surface area contributed by atoms with E-state index in [1.807, 2.05) is 24.5 Å². The number of aromatic hydroxyl groups is 1. The first-order valence-electron chi connectivity index (χ1n) is 7.68. The van der Waals surface area contributed by atoms with Gasteiger partial charge in [0.05, 0.1) is 0 Å². The Bertz CT molecular complexity index is 830. The van der Waals surface area contributed by atoms with Gasteiger partial charge in [-0.25, -0.2) is 4.98 Å². The maximum atomic E-state index is 9.66. The number of nitrogens with zero attached hydrogens (tertiary/aromatic N) is 1. The highest BCUT2D eigenvalue weighted by molar-refractivity contribution is 5.93. The summed E-state index contributed by atoms with van der Waals surface area (Å²) in [6.45, 7) is 4.33. The second-order valence-electron chi connectivity index (χ2n) is 5.36. The van der Waals surface area contributed by atoms with E-state index in [4.69, 9.17) is 0 Å². The minimum Gasteiger partial charge on any atom is -0.508 e. The number of hydrogen-bond acceptors (Lipinski definition) is 2. The van der Waals surface area contributed by atoms with Gasteiger partial charge in [0.2, 0.25) is 0 Å². The number of hydrogen-bond donors (Lipinski definition) is 2. The number of H-pyrrole nitrogens is 1. The van der Waals surface area contributed by atoms with Crippen LogP contribution in [0.15, 0.2) is 48.8 Å². The molecule has 22 heavy (non-hydrogen) atoms. The predicted molar refractivity (Wildman–Crippen MR) is 91.8 cm³/mol. The summed E-state index contributed by atoms with van der Waals surface area (Å²) in [4.78, 5) is 7.77. The molecule has 3 rings (SSSR count). The van der Waals surface area contributed by atoms with Crippen LogP contribution in [-0.4, -0.2) is 15.1 Å². The third kappa shape index (κ3) is 2.62. The lowest BCUT2D eigenvalue weighted by Gasteiger charge is -2.05. The van der Waals surface area contributed by atoms with Crippen molar-refractivity contribution < 1.29 is 5.11 Å². The Morgan fingerprint density at radius 3 is 2.82 bits per heavy atom. The van der Waals surface area contributed by atoms with Crippen LogP contribution in [0.25, 0.3) is 27.7 Å². The number of aromatic amines is 1. The second-order valence-corrected chi connectivity index (χ2v) is 5.36. The van der Waals surface area contributed by atoms with Gasteiger partial charge in [-0.3, -0.25) is 0 Å². The number of fused-ring (bicyclic) bond motifs is 1. The lowest BCUT2D eigenvalue weighted by Crippen LogP contribution is -1.85. The Hall–Kier alpha value is -2.55. The van der Waals surface area contributed by atoms with Crippen molar-refractivity contribution in [3.8, 4) is 16.9 Å². The molecule has 0 amide bonds. The van der Waals surface area contributed by atoms with Gasteiger partial charge in [0.25, 0.3) is 0 Å². The van der Waals surface area contributed by atoms with Gasteiger partial charge in [-0.1, -0.05) is 32.1 Å². The topological polar surface area (TPSA) is 48.9 Å². The average Bonchev–Trinajstić information content (AvgIpc) is 2.95. The quantitative estimate of drug-likeness (QED) is 0.699. The molecule has 3 heteroatoms. The van der Waals surface area contributed by atoms with Crippen molar-refractivity contribution in [3.63, 3.8) is 0 Å². The van der Waals surface area contributed by atoms with Gasteiger partial charge < -0.3 is 10.1 Å². The summed E-state index contributed by atoms with van der Waals surface area (Å²) in [6, 6.07) is 9.41. The maximum absolute atomic E-state index is 9.66. The van der Waals surface area contributed by atoms with Crippen molar-refractivity contribution in [3.05, 3.63) is 54.4 Å².